The number of hydrogen-bond acceptors (Lipinski definition) is 4. The van der Waals surface area contributed by atoms with Gasteiger partial charge in [0.25, 0.3) is 0 Å². The van der Waals surface area contributed by atoms with Gasteiger partial charge in [-0.2, -0.15) is 0 Å². The minimum absolute atomic E-state index is 0.0405. The molecule has 0 aromatic heterocycles. The van der Waals surface area contributed by atoms with Gasteiger partial charge in [0, 0.05) is 30.6 Å². The molecule has 0 spiro atoms. The number of benzene rings is 2. The maximum Gasteiger partial charge on any atom is 0.243 e. The van der Waals surface area contributed by atoms with E-state index >= 15 is 0 Å². The van der Waals surface area contributed by atoms with Gasteiger partial charge in [-0.1, -0.05) is 60.5 Å². The van der Waals surface area contributed by atoms with Gasteiger partial charge in [0.05, 0.1) is 17.0 Å². The van der Waals surface area contributed by atoms with Gasteiger partial charge in [-0.3, -0.25) is 13.9 Å². The summed E-state index contributed by atoms with van der Waals surface area (Å²) < 4.78 is 26.1. The summed E-state index contributed by atoms with van der Waals surface area (Å²) in [4.78, 5) is 27.8. The highest BCUT2D eigenvalue weighted by Crippen LogP contribution is 2.31. The van der Waals surface area contributed by atoms with Crippen LogP contribution in [0.5, 0.6) is 0 Å². The highest BCUT2D eigenvalue weighted by Gasteiger charge is 2.29. The Morgan fingerprint density at radius 3 is 2.29 bits per heavy atom. The lowest BCUT2D eigenvalue weighted by atomic mass is 10.1. The topological polar surface area (TPSA) is 86.8 Å². The Morgan fingerprint density at radius 1 is 1.06 bits per heavy atom. The predicted molar refractivity (Wildman–Crippen MR) is 142 cm³/mol. The van der Waals surface area contributed by atoms with Gasteiger partial charge < -0.3 is 10.2 Å². The second kappa shape index (κ2) is 13.1. The molecule has 35 heavy (non-hydrogen) atoms. The molecule has 7 nitrogen and oxygen atoms in total. The second-order valence-corrected chi connectivity index (χ2v) is 11.4. The fraction of sp³-hybridized carbons (Fsp3) is 0.440. The zero-order valence-electron chi connectivity index (χ0n) is 20.5. The van der Waals surface area contributed by atoms with Gasteiger partial charge in [0.15, 0.2) is 0 Å². The third-order valence-corrected chi connectivity index (χ3v) is 7.08. The first-order valence-corrected chi connectivity index (χ1v) is 14.1. The Hall–Kier alpha value is -2.29. The minimum atomic E-state index is -3.67. The molecule has 0 fully saturated rings. The van der Waals surface area contributed by atoms with Crippen LogP contribution in [0.15, 0.2) is 48.5 Å². The van der Waals surface area contributed by atoms with Crippen molar-refractivity contribution in [3.8, 4) is 0 Å². The minimum Gasteiger partial charge on any atom is -0.352 e. The molecule has 0 aliphatic rings. The van der Waals surface area contributed by atoms with Crippen LogP contribution in [0.3, 0.4) is 0 Å². The Labute approximate surface area is 218 Å². The number of halogens is 2. The van der Waals surface area contributed by atoms with E-state index in [4.69, 9.17) is 23.2 Å². The standard InChI is InChI=1S/C25H33Cl2N3O4S/c1-5-22(25(32)28-18(2)3)29(17-19-10-7-6-8-11-19)24(31)12-9-15-30(35(4,33)34)23-16-20(26)13-14-21(23)27/h6-8,10-11,13-14,16,18,22H,5,9,12,15,17H2,1-4H3,(H,28,32). The number of carbonyl (C=O) groups is 2. The highest BCUT2D eigenvalue weighted by molar-refractivity contribution is 7.92. The Kier molecular flexibility index (Phi) is 10.9. The van der Waals surface area contributed by atoms with Gasteiger partial charge >= 0.3 is 0 Å². The van der Waals surface area contributed by atoms with Gasteiger partial charge in [0.2, 0.25) is 21.8 Å². The fourth-order valence-corrected chi connectivity index (χ4v) is 5.14. The number of carbonyl (C=O) groups excluding carboxylic acids is 2. The molecule has 2 aromatic rings. The molecule has 0 saturated heterocycles. The van der Waals surface area contributed by atoms with E-state index in [1.165, 1.54) is 12.1 Å². The molecular formula is C25H33Cl2N3O4S. The number of anilines is 1. The van der Waals surface area contributed by atoms with Crippen LogP contribution >= 0.6 is 23.2 Å². The Balaban J connectivity index is 2.22. The van der Waals surface area contributed by atoms with E-state index in [1.54, 1.807) is 11.0 Å². The molecule has 10 heteroatoms. The number of rotatable bonds is 12. The first-order valence-electron chi connectivity index (χ1n) is 11.5. The summed E-state index contributed by atoms with van der Waals surface area (Å²) in [6.07, 6.45) is 1.83. The number of nitrogens with zero attached hydrogens (tertiary/aromatic N) is 2. The smallest absolute Gasteiger partial charge is 0.243 e. The molecule has 0 radical (unpaired) electrons. The van der Waals surface area contributed by atoms with Crippen molar-refractivity contribution < 1.29 is 18.0 Å². The number of sulfonamides is 1. The molecule has 2 rings (SSSR count). The third-order valence-electron chi connectivity index (χ3n) is 5.34. The van der Waals surface area contributed by atoms with Crippen molar-refractivity contribution in [2.24, 2.45) is 0 Å². The molecule has 192 valence electrons. The van der Waals surface area contributed by atoms with Crippen LogP contribution in [0, 0.1) is 0 Å². The van der Waals surface area contributed by atoms with Crippen LogP contribution in [0.1, 0.15) is 45.6 Å². The Bertz CT molecular complexity index is 1110. The largest absolute Gasteiger partial charge is 0.352 e. The van der Waals surface area contributed by atoms with Crippen LogP contribution < -0.4 is 9.62 Å². The van der Waals surface area contributed by atoms with E-state index in [0.29, 0.717) is 11.4 Å². The zero-order valence-corrected chi connectivity index (χ0v) is 22.8. The van der Waals surface area contributed by atoms with Crippen molar-refractivity contribution >= 4 is 50.7 Å². The third kappa shape index (κ3) is 8.70. The molecule has 0 saturated carbocycles. The summed E-state index contributed by atoms with van der Waals surface area (Å²) in [7, 11) is -3.67. The molecule has 2 aromatic carbocycles. The normalized spacial score (nSPS) is 12.3. The quantitative estimate of drug-likeness (QED) is 0.415. The molecule has 1 atom stereocenters. The fourth-order valence-electron chi connectivity index (χ4n) is 3.74. The Morgan fingerprint density at radius 2 is 1.71 bits per heavy atom. The summed E-state index contributed by atoms with van der Waals surface area (Å²) in [5.41, 5.74) is 1.16. The summed E-state index contributed by atoms with van der Waals surface area (Å²) in [6, 6.07) is 13.3. The zero-order chi connectivity index (χ0) is 26.2. The molecule has 1 unspecified atom stereocenters. The molecular weight excluding hydrogens is 509 g/mol. The second-order valence-electron chi connectivity index (χ2n) is 8.63. The van der Waals surface area contributed by atoms with Crippen LogP contribution in [0.25, 0.3) is 0 Å². The summed E-state index contributed by atoms with van der Waals surface area (Å²) >= 11 is 12.3. The average Bonchev–Trinajstić information content (AvgIpc) is 2.77. The summed E-state index contributed by atoms with van der Waals surface area (Å²) in [5.74, 6) is -0.444. The maximum atomic E-state index is 13.4. The van der Waals surface area contributed by atoms with Gasteiger partial charge in [-0.25, -0.2) is 8.42 Å². The van der Waals surface area contributed by atoms with E-state index in [2.05, 4.69) is 5.32 Å². The lowest BCUT2D eigenvalue weighted by molar-refractivity contribution is -0.141. The van der Waals surface area contributed by atoms with Crippen molar-refractivity contribution in [1.82, 2.24) is 10.2 Å². The number of amides is 2. The monoisotopic (exact) mass is 541 g/mol. The van der Waals surface area contributed by atoms with E-state index < -0.39 is 16.1 Å². The molecule has 2 amide bonds. The average molecular weight is 543 g/mol. The molecule has 0 heterocycles. The van der Waals surface area contributed by atoms with E-state index in [-0.39, 0.29) is 54.5 Å². The van der Waals surface area contributed by atoms with Gasteiger partial charge in [-0.05, 0) is 50.5 Å². The first-order chi connectivity index (χ1) is 16.4. The van der Waals surface area contributed by atoms with Crippen LogP contribution in [0.4, 0.5) is 5.69 Å². The highest BCUT2D eigenvalue weighted by atomic mass is 35.5. The van der Waals surface area contributed by atoms with Crippen molar-refractivity contribution in [1.29, 1.82) is 0 Å². The van der Waals surface area contributed by atoms with Crippen molar-refractivity contribution in [3.63, 3.8) is 0 Å². The van der Waals surface area contributed by atoms with E-state index in [0.717, 1.165) is 16.1 Å². The lowest BCUT2D eigenvalue weighted by Crippen LogP contribution is -2.50. The van der Waals surface area contributed by atoms with Crippen molar-refractivity contribution in [2.45, 2.75) is 58.7 Å². The summed E-state index contributed by atoms with van der Waals surface area (Å²) in [5, 5.41) is 3.49. The predicted octanol–water partition coefficient (Wildman–Crippen LogP) is 4.87. The van der Waals surface area contributed by atoms with Crippen molar-refractivity contribution in [3.05, 3.63) is 64.1 Å². The van der Waals surface area contributed by atoms with Gasteiger partial charge in [-0.15, -0.1) is 0 Å². The lowest BCUT2D eigenvalue weighted by Gasteiger charge is -2.31. The van der Waals surface area contributed by atoms with Crippen LogP contribution in [-0.2, 0) is 26.2 Å². The number of hydrogen-bond donors (Lipinski definition) is 1. The SMILES string of the molecule is CCC(C(=O)NC(C)C)N(Cc1ccccc1)C(=O)CCCN(c1cc(Cl)ccc1Cl)S(C)(=O)=O. The molecule has 0 aliphatic heterocycles. The first kappa shape index (κ1) is 28.9. The number of nitrogens with one attached hydrogen (secondary N) is 1. The maximum absolute atomic E-state index is 13.4. The van der Waals surface area contributed by atoms with Crippen LogP contribution in [-0.4, -0.2) is 50.0 Å². The van der Waals surface area contributed by atoms with E-state index in [1.807, 2.05) is 51.1 Å². The van der Waals surface area contributed by atoms with Crippen molar-refractivity contribution in [2.75, 3.05) is 17.1 Å². The van der Waals surface area contributed by atoms with Gasteiger partial charge in [0.1, 0.15) is 6.04 Å². The molecule has 0 bridgehead atoms. The summed E-state index contributed by atoms with van der Waals surface area (Å²) in [6.45, 7) is 5.92. The molecule has 0 aliphatic carbocycles. The van der Waals surface area contributed by atoms with E-state index in [9.17, 15) is 18.0 Å². The molecule has 1 N–H and O–H groups in total. The van der Waals surface area contributed by atoms with Crippen LogP contribution in [0.2, 0.25) is 10.0 Å².